The van der Waals surface area contributed by atoms with Crippen LogP contribution in [0.1, 0.15) is 30.4 Å². The molecule has 4 heteroatoms. The van der Waals surface area contributed by atoms with Gasteiger partial charge in [-0.3, -0.25) is 4.79 Å². The summed E-state index contributed by atoms with van der Waals surface area (Å²) in [6, 6.07) is 6.55. The minimum atomic E-state index is 0.0726. The lowest BCUT2D eigenvalue weighted by Crippen LogP contribution is -2.26. The Labute approximate surface area is 118 Å². The Balaban J connectivity index is 1.71. The molecule has 1 aromatic carbocycles. The molecule has 1 aromatic rings. The normalized spacial score (nSPS) is 13.3. The number of unbranched alkanes of at least 4 members (excludes halogenated alkanes) is 1. The lowest BCUT2D eigenvalue weighted by Gasteiger charge is -2.06. The Morgan fingerprint density at radius 1 is 1.26 bits per heavy atom. The maximum absolute atomic E-state index is 11.6. The molecule has 1 aliphatic rings. The van der Waals surface area contributed by atoms with Crippen LogP contribution in [-0.4, -0.2) is 29.9 Å². The summed E-state index contributed by atoms with van der Waals surface area (Å²) in [5.41, 5.74) is 2.92. The van der Waals surface area contributed by atoms with Gasteiger partial charge in [0, 0.05) is 18.0 Å². The van der Waals surface area contributed by atoms with Gasteiger partial charge < -0.3 is 10.4 Å². The molecule has 1 aliphatic carbocycles. The molecule has 0 aliphatic heterocycles. The van der Waals surface area contributed by atoms with Crippen molar-refractivity contribution in [3.63, 3.8) is 0 Å². The molecule has 3 nitrogen and oxygen atoms in total. The van der Waals surface area contributed by atoms with E-state index in [1.165, 1.54) is 35.3 Å². The maximum Gasteiger partial charge on any atom is 0.230 e. The van der Waals surface area contributed by atoms with Gasteiger partial charge >= 0.3 is 0 Å². The highest BCUT2D eigenvalue weighted by molar-refractivity contribution is 8.00. The van der Waals surface area contributed by atoms with E-state index in [9.17, 15) is 4.79 Å². The number of fused-ring (bicyclic) bond motifs is 1. The molecule has 0 radical (unpaired) electrons. The Morgan fingerprint density at radius 2 is 2.11 bits per heavy atom. The van der Waals surface area contributed by atoms with E-state index < -0.39 is 0 Å². The largest absolute Gasteiger partial charge is 0.396 e. The second-order valence-electron chi connectivity index (χ2n) is 4.85. The van der Waals surface area contributed by atoms with Crippen LogP contribution in [0.3, 0.4) is 0 Å². The summed E-state index contributed by atoms with van der Waals surface area (Å²) >= 11 is 1.60. The van der Waals surface area contributed by atoms with Crippen LogP contribution < -0.4 is 5.32 Å². The van der Waals surface area contributed by atoms with Gasteiger partial charge in [-0.25, -0.2) is 0 Å². The Hall–Kier alpha value is -1.00. The first-order chi connectivity index (χ1) is 9.29. The van der Waals surface area contributed by atoms with Crippen molar-refractivity contribution in [2.45, 2.75) is 37.0 Å². The molecule has 2 rings (SSSR count). The molecular formula is C15H21NO2S. The van der Waals surface area contributed by atoms with E-state index >= 15 is 0 Å². The maximum atomic E-state index is 11.6. The summed E-state index contributed by atoms with van der Waals surface area (Å²) < 4.78 is 0. The van der Waals surface area contributed by atoms with Crippen LogP contribution in [0, 0.1) is 0 Å². The summed E-state index contributed by atoms with van der Waals surface area (Å²) in [5.74, 6) is 0.543. The van der Waals surface area contributed by atoms with E-state index in [0.29, 0.717) is 12.3 Å². The first-order valence-electron chi connectivity index (χ1n) is 6.92. The average Bonchev–Trinajstić information content (AvgIpc) is 2.89. The number of carbonyl (C=O) groups excluding carboxylic acids is 1. The third-order valence-corrected chi connectivity index (χ3v) is 4.34. The monoisotopic (exact) mass is 279 g/mol. The van der Waals surface area contributed by atoms with Crippen LogP contribution in [0.25, 0.3) is 0 Å². The van der Waals surface area contributed by atoms with Gasteiger partial charge in [0.05, 0.1) is 5.75 Å². The molecule has 1 amide bonds. The molecule has 19 heavy (non-hydrogen) atoms. The van der Waals surface area contributed by atoms with Crippen LogP contribution in [0.2, 0.25) is 0 Å². The molecule has 2 N–H and O–H groups in total. The van der Waals surface area contributed by atoms with Crippen molar-refractivity contribution < 1.29 is 9.90 Å². The lowest BCUT2D eigenvalue weighted by molar-refractivity contribution is -0.118. The van der Waals surface area contributed by atoms with Crippen LogP contribution in [0.15, 0.2) is 23.1 Å². The van der Waals surface area contributed by atoms with E-state index in [1.807, 2.05) is 0 Å². The highest BCUT2D eigenvalue weighted by Gasteiger charge is 2.11. The molecule has 0 saturated carbocycles. The Bertz CT molecular complexity index is 434. The average molecular weight is 279 g/mol. The third kappa shape index (κ3) is 4.55. The smallest absolute Gasteiger partial charge is 0.230 e. The predicted molar refractivity (Wildman–Crippen MR) is 78.5 cm³/mol. The van der Waals surface area contributed by atoms with Crippen molar-refractivity contribution in [2.24, 2.45) is 0 Å². The van der Waals surface area contributed by atoms with Crippen molar-refractivity contribution in [3.8, 4) is 0 Å². The number of nitrogens with one attached hydrogen (secondary N) is 1. The molecular weight excluding hydrogens is 258 g/mol. The standard InChI is InChI=1S/C15H21NO2S/c17-9-2-1-8-16-15(18)11-19-14-7-6-12-4-3-5-13(12)10-14/h6-7,10,17H,1-5,8-9,11H2,(H,16,18). The van der Waals surface area contributed by atoms with Crippen LogP contribution in [-0.2, 0) is 17.6 Å². The Kier molecular flexibility index (Phi) is 5.73. The van der Waals surface area contributed by atoms with Gasteiger partial charge in [0.15, 0.2) is 0 Å². The van der Waals surface area contributed by atoms with Crippen LogP contribution >= 0.6 is 11.8 Å². The molecule has 0 aromatic heterocycles. The third-order valence-electron chi connectivity index (χ3n) is 3.35. The summed E-state index contributed by atoms with van der Waals surface area (Å²) in [5, 5.41) is 11.5. The number of hydrogen-bond acceptors (Lipinski definition) is 3. The summed E-state index contributed by atoms with van der Waals surface area (Å²) in [6.07, 6.45) is 5.22. The van der Waals surface area contributed by atoms with Crippen molar-refractivity contribution in [2.75, 3.05) is 18.9 Å². The van der Waals surface area contributed by atoms with Gasteiger partial charge in [0.25, 0.3) is 0 Å². The number of hydrogen-bond donors (Lipinski definition) is 2. The summed E-state index contributed by atoms with van der Waals surface area (Å²) in [4.78, 5) is 12.8. The molecule has 0 fully saturated rings. The predicted octanol–water partition coefficient (Wildman–Crippen LogP) is 2.16. The van der Waals surface area contributed by atoms with E-state index in [2.05, 4.69) is 23.5 Å². The van der Waals surface area contributed by atoms with Gasteiger partial charge in [-0.15, -0.1) is 11.8 Å². The SMILES string of the molecule is O=C(CSc1ccc2c(c1)CCC2)NCCCCO. The van der Waals surface area contributed by atoms with Gasteiger partial charge in [-0.2, -0.15) is 0 Å². The zero-order valence-electron chi connectivity index (χ0n) is 11.2. The van der Waals surface area contributed by atoms with Crippen molar-refractivity contribution >= 4 is 17.7 Å². The van der Waals surface area contributed by atoms with E-state index in [1.54, 1.807) is 11.8 Å². The molecule has 0 spiro atoms. The van der Waals surface area contributed by atoms with Gasteiger partial charge in [-0.05, 0) is 55.4 Å². The van der Waals surface area contributed by atoms with Crippen molar-refractivity contribution in [1.29, 1.82) is 0 Å². The molecule has 0 heterocycles. The highest BCUT2D eigenvalue weighted by Crippen LogP contribution is 2.27. The quantitative estimate of drug-likeness (QED) is 0.594. The number of rotatable bonds is 7. The minimum absolute atomic E-state index is 0.0726. The first kappa shape index (κ1) is 14.4. The Morgan fingerprint density at radius 3 is 2.95 bits per heavy atom. The van der Waals surface area contributed by atoms with Gasteiger partial charge in [0.2, 0.25) is 5.91 Å². The fourth-order valence-corrected chi connectivity index (χ4v) is 3.09. The number of benzene rings is 1. The minimum Gasteiger partial charge on any atom is -0.396 e. The number of carbonyl (C=O) groups is 1. The second kappa shape index (κ2) is 7.56. The summed E-state index contributed by atoms with van der Waals surface area (Å²) in [7, 11) is 0. The summed E-state index contributed by atoms with van der Waals surface area (Å²) in [6.45, 7) is 0.851. The van der Waals surface area contributed by atoms with E-state index in [4.69, 9.17) is 5.11 Å². The first-order valence-corrected chi connectivity index (χ1v) is 7.90. The molecule has 0 bridgehead atoms. The van der Waals surface area contributed by atoms with Gasteiger partial charge in [0.1, 0.15) is 0 Å². The lowest BCUT2D eigenvalue weighted by atomic mass is 10.1. The number of amides is 1. The number of aliphatic hydroxyl groups excluding tert-OH is 1. The molecule has 0 saturated heterocycles. The van der Waals surface area contributed by atoms with Crippen molar-refractivity contribution in [3.05, 3.63) is 29.3 Å². The topological polar surface area (TPSA) is 49.3 Å². The van der Waals surface area contributed by atoms with Crippen molar-refractivity contribution in [1.82, 2.24) is 5.32 Å². The number of aliphatic hydroxyl groups is 1. The highest BCUT2D eigenvalue weighted by atomic mass is 32.2. The fourth-order valence-electron chi connectivity index (χ4n) is 2.30. The molecule has 0 atom stereocenters. The number of thioether (sulfide) groups is 1. The molecule has 104 valence electrons. The zero-order valence-corrected chi connectivity index (χ0v) is 12.0. The molecule has 0 unspecified atom stereocenters. The van der Waals surface area contributed by atoms with Gasteiger partial charge in [-0.1, -0.05) is 6.07 Å². The second-order valence-corrected chi connectivity index (χ2v) is 5.90. The van der Waals surface area contributed by atoms with E-state index in [-0.39, 0.29) is 12.5 Å². The zero-order chi connectivity index (χ0) is 13.5. The van der Waals surface area contributed by atoms with Crippen LogP contribution in [0.5, 0.6) is 0 Å². The number of aryl methyl sites for hydroxylation is 2. The van der Waals surface area contributed by atoms with Crippen LogP contribution in [0.4, 0.5) is 0 Å². The fraction of sp³-hybridized carbons (Fsp3) is 0.533. The van der Waals surface area contributed by atoms with E-state index in [0.717, 1.165) is 12.8 Å².